The second-order valence-corrected chi connectivity index (χ2v) is 8.49. The predicted octanol–water partition coefficient (Wildman–Crippen LogP) is 5.62. The summed E-state index contributed by atoms with van der Waals surface area (Å²) >= 11 is 0. The van der Waals surface area contributed by atoms with Crippen molar-refractivity contribution in [3.8, 4) is 0 Å². The number of carbonyl (C=O) groups is 1. The molecule has 0 aliphatic heterocycles. The molecule has 0 radical (unpaired) electrons. The molecular weight excluding hydrogens is 434 g/mol. The van der Waals surface area contributed by atoms with Crippen LogP contribution in [0.1, 0.15) is 33.4 Å². The summed E-state index contributed by atoms with van der Waals surface area (Å²) in [5.41, 5.74) is 3.68. The first kappa shape index (κ1) is 22.3. The lowest BCUT2D eigenvalue weighted by atomic mass is 9.98. The zero-order valence-electron chi connectivity index (χ0n) is 19.6. The van der Waals surface area contributed by atoms with E-state index < -0.39 is 0 Å². The zero-order valence-corrected chi connectivity index (χ0v) is 19.6. The maximum absolute atomic E-state index is 14.0. The molecule has 5 aromatic rings. The standard InChI is InChI=1S/C30H25N3O2/c1-21-31-27-19-18-25(32(2)29(34)24-16-10-5-11-17-24)20-26(27)30(35)33(21)28(22-12-6-3-7-13-22)23-14-8-4-9-15-23/h3-20,28H,1-2H3. The highest BCUT2D eigenvalue weighted by atomic mass is 16.2. The van der Waals surface area contributed by atoms with Gasteiger partial charge >= 0.3 is 0 Å². The van der Waals surface area contributed by atoms with Crippen molar-refractivity contribution in [1.82, 2.24) is 9.55 Å². The third kappa shape index (κ3) is 4.24. The van der Waals surface area contributed by atoms with Gasteiger partial charge in [-0.1, -0.05) is 78.9 Å². The Labute approximate surface area is 203 Å². The molecule has 0 aliphatic carbocycles. The van der Waals surface area contributed by atoms with Gasteiger partial charge in [0.1, 0.15) is 5.82 Å². The Morgan fingerprint density at radius 1 is 0.800 bits per heavy atom. The number of amides is 1. The minimum absolute atomic E-state index is 0.142. The highest BCUT2D eigenvalue weighted by molar-refractivity contribution is 6.06. The number of hydrogen-bond acceptors (Lipinski definition) is 3. The van der Waals surface area contributed by atoms with Crippen molar-refractivity contribution in [1.29, 1.82) is 0 Å². The molecule has 5 nitrogen and oxygen atoms in total. The Bertz CT molecular complexity index is 1510. The number of carbonyl (C=O) groups excluding carboxylic acids is 1. The molecule has 0 atom stereocenters. The van der Waals surface area contributed by atoms with Gasteiger partial charge in [0, 0.05) is 18.3 Å². The molecule has 5 rings (SSSR count). The molecule has 0 saturated heterocycles. The Morgan fingerprint density at radius 2 is 1.34 bits per heavy atom. The number of anilines is 1. The summed E-state index contributed by atoms with van der Waals surface area (Å²) in [6.45, 7) is 1.86. The summed E-state index contributed by atoms with van der Waals surface area (Å²) in [6.07, 6.45) is 0. The number of rotatable bonds is 5. The topological polar surface area (TPSA) is 55.2 Å². The van der Waals surface area contributed by atoms with E-state index in [0.29, 0.717) is 28.0 Å². The fourth-order valence-corrected chi connectivity index (χ4v) is 4.46. The fraction of sp³-hybridized carbons (Fsp3) is 0.100. The lowest BCUT2D eigenvalue weighted by Gasteiger charge is -2.24. The van der Waals surface area contributed by atoms with Crippen LogP contribution in [0, 0.1) is 6.92 Å². The van der Waals surface area contributed by atoms with Gasteiger partial charge in [-0.15, -0.1) is 0 Å². The zero-order chi connectivity index (χ0) is 24.4. The average Bonchev–Trinajstić information content (AvgIpc) is 2.91. The first-order valence-corrected chi connectivity index (χ1v) is 11.5. The van der Waals surface area contributed by atoms with Crippen molar-refractivity contribution in [2.45, 2.75) is 13.0 Å². The Kier molecular flexibility index (Phi) is 5.98. The number of hydrogen-bond donors (Lipinski definition) is 0. The van der Waals surface area contributed by atoms with Gasteiger partial charge in [-0.25, -0.2) is 4.98 Å². The summed E-state index contributed by atoms with van der Waals surface area (Å²) in [6, 6.07) is 34.1. The van der Waals surface area contributed by atoms with Crippen molar-refractivity contribution in [3.63, 3.8) is 0 Å². The maximum atomic E-state index is 14.0. The lowest BCUT2D eigenvalue weighted by Crippen LogP contribution is -2.30. The van der Waals surface area contributed by atoms with Crippen molar-refractivity contribution in [2.24, 2.45) is 0 Å². The van der Waals surface area contributed by atoms with Crippen molar-refractivity contribution >= 4 is 22.5 Å². The monoisotopic (exact) mass is 459 g/mol. The number of nitrogens with zero attached hydrogens (tertiary/aromatic N) is 3. The number of aryl methyl sites for hydroxylation is 1. The first-order chi connectivity index (χ1) is 17.0. The minimum Gasteiger partial charge on any atom is -0.311 e. The Hall–Kier alpha value is -4.51. The van der Waals surface area contributed by atoms with Crippen molar-refractivity contribution < 1.29 is 4.79 Å². The molecule has 35 heavy (non-hydrogen) atoms. The molecule has 5 heteroatoms. The van der Waals surface area contributed by atoms with Gasteiger partial charge in [-0.05, 0) is 48.4 Å². The number of aromatic nitrogens is 2. The van der Waals surface area contributed by atoms with Crippen LogP contribution in [0.4, 0.5) is 5.69 Å². The third-order valence-electron chi connectivity index (χ3n) is 6.26. The summed E-state index contributed by atoms with van der Waals surface area (Å²) in [5.74, 6) is 0.485. The molecule has 1 aromatic heterocycles. The van der Waals surface area contributed by atoms with E-state index >= 15 is 0 Å². The Balaban J connectivity index is 1.66. The van der Waals surface area contributed by atoms with Crippen molar-refractivity contribution in [3.05, 3.63) is 142 Å². The molecular formula is C30H25N3O2. The van der Waals surface area contributed by atoms with E-state index in [2.05, 4.69) is 0 Å². The molecule has 0 bridgehead atoms. The summed E-state index contributed by atoms with van der Waals surface area (Å²) < 4.78 is 1.75. The van der Waals surface area contributed by atoms with Gasteiger partial charge in [0.25, 0.3) is 11.5 Å². The molecule has 172 valence electrons. The maximum Gasteiger partial charge on any atom is 0.262 e. The minimum atomic E-state index is -0.325. The molecule has 0 unspecified atom stereocenters. The second-order valence-electron chi connectivity index (χ2n) is 8.49. The van der Waals surface area contributed by atoms with Gasteiger partial charge in [0.15, 0.2) is 0 Å². The second kappa shape index (κ2) is 9.39. The molecule has 0 aliphatic rings. The van der Waals surface area contributed by atoms with E-state index in [9.17, 15) is 9.59 Å². The summed E-state index contributed by atoms with van der Waals surface area (Å²) in [5, 5.41) is 0.470. The van der Waals surface area contributed by atoms with Crippen LogP contribution in [0.15, 0.2) is 114 Å². The largest absolute Gasteiger partial charge is 0.311 e. The van der Waals surface area contributed by atoms with E-state index in [1.165, 1.54) is 0 Å². The summed E-state index contributed by atoms with van der Waals surface area (Å²) in [4.78, 5) is 33.3. The van der Waals surface area contributed by atoms with Gasteiger partial charge in [0.05, 0.1) is 16.9 Å². The van der Waals surface area contributed by atoms with E-state index in [4.69, 9.17) is 4.98 Å². The van der Waals surface area contributed by atoms with Gasteiger partial charge in [0.2, 0.25) is 0 Å². The normalized spacial score (nSPS) is 11.1. The Morgan fingerprint density at radius 3 is 1.91 bits per heavy atom. The molecule has 0 spiro atoms. The smallest absolute Gasteiger partial charge is 0.262 e. The third-order valence-corrected chi connectivity index (χ3v) is 6.26. The van der Waals surface area contributed by atoms with Crippen LogP contribution in [0.2, 0.25) is 0 Å². The fourth-order valence-electron chi connectivity index (χ4n) is 4.46. The van der Waals surface area contributed by atoms with E-state index in [1.54, 1.807) is 40.8 Å². The van der Waals surface area contributed by atoms with E-state index in [0.717, 1.165) is 11.1 Å². The van der Waals surface area contributed by atoms with Gasteiger partial charge in [-0.3, -0.25) is 14.2 Å². The molecule has 0 fully saturated rings. The molecule has 1 heterocycles. The molecule has 4 aromatic carbocycles. The van der Waals surface area contributed by atoms with Crippen LogP contribution in [0.5, 0.6) is 0 Å². The quantitative estimate of drug-likeness (QED) is 0.343. The van der Waals surface area contributed by atoms with E-state index in [1.807, 2.05) is 91.9 Å². The van der Waals surface area contributed by atoms with Crippen LogP contribution in [-0.4, -0.2) is 22.5 Å². The van der Waals surface area contributed by atoms with Crippen LogP contribution in [0.3, 0.4) is 0 Å². The molecule has 0 saturated carbocycles. The van der Waals surface area contributed by atoms with E-state index in [-0.39, 0.29) is 17.5 Å². The average molecular weight is 460 g/mol. The van der Waals surface area contributed by atoms with Crippen LogP contribution >= 0.6 is 0 Å². The summed E-state index contributed by atoms with van der Waals surface area (Å²) in [7, 11) is 1.72. The van der Waals surface area contributed by atoms with Crippen molar-refractivity contribution in [2.75, 3.05) is 11.9 Å². The van der Waals surface area contributed by atoms with Crippen LogP contribution in [0.25, 0.3) is 10.9 Å². The molecule has 0 N–H and O–H groups in total. The SMILES string of the molecule is Cc1nc2ccc(N(C)C(=O)c3ccccc3)cc2c(=O)n1C(c1ccccc1)c1ccccc1. The lowest BCUT2D eigenvalue weighted by molar-refractivity contribution is 0.0993. The van der Waals surface area contributed by atoms with Gasteiger partial charge in [-0.2, -0.15) is 0 Å². The predicted molar refractivity (Wildman–Crippen MR) is 140 cm³/mol. The van der Waals surface area contributed by atoms with Crippen LogP contribution < -0.4 is 10.5 Å². The first-order valence-electron chi connectivity index (χ1n) is 11.5. The van der Waals surface area contributed by atoms with Gasteiger partial charge < -0.3 is 4.90 Å². The highest BCUT2D eigenvalue weighted by Gasteiger charge is 2.22. The molecule has 1 amide bonds. The van der Waals surface area contributed by atoms with Crippen LogP contribution in [-0.2, 0) is 0 Å². The number of benzene rings is 4. The number of fused-ring (bicyclic) bond motifs is 1. The highest BCUT2D eigenvalue weighted by Crippen LogP contribution is 2.28.